The Morgan fingerprint density at radius 2 is 2.07 bits per heavy atom. The predicted octanol–water partition coefficient (Wildman–Crippen LogP) is 3.37. The van der Waals surface area contributed by atoms with E-state index in [1.165, 1.54) is 5.56 Å². The molecule has 1 aliphatic rings. The highest BCUT2D eigenvalue weighted by Gasteiger charge is 2.38. The quantitative estimate of drug-likeness (QED) is 0.777. The number of rotatable bonds is 1. The summed E-state index contributed by atoms with van der Waals surface area (Å²) < 4.78 is 0. The Bertz CT molecular complexity index is 424. The molecule has 1 heterocycles. The smallest absolute Gasteiger partial charge is 0.234 e. The number of hydrogen-bond acceptors (Lipinski definition) is 1. The van der Waals surface area contributed by atoms with Crippen LogP contribution in [0.1, 0.15) is 36.7 Å². The number of amides is 1. The van der Waals surface area contributed by atoms with Gasteiger partial charge in [0.05, 0.1) is 5.41 Å². The van der Waals surface area contributed by atoms with Crippen LogP contribution >= 0.6 is 15.9 Å². The van der Waals surface area contributed by atoms with Crippen LogP contribution in [0.15, 0.2) is 18.2 Å². The van der Waals surface area contributed by atoms with Gasteiger partial charge in [0.2, 0.25) is 5.91 Å². The second-order valence-electron chi connectivity index (χ2n) is 4.50. The molecule has 2 nitrogen and oxygen atoms in total. The molecule has 2 rings (SSSR count). The normalized spacial score (nSPS) is 19.6. The Morgan fingerprint density at radius 1 is 1.40 bits per heavy atom. The van der Waals surface area contributed by atoms with Crippen molar-refractivity contribution in [3.63, 3.8) is 0 Å². The van der Waals surface area contributed by atoms with Crippen molar-refractivity contribution in [1.29, 1.82) is 0 Å². The standard InChI is InChI=1S/C12H14BrNO/c1-7(13)8-4-5-10-9(6-8)12(2,3)11(15)14-10/h4-7H,1-3H3,(H,14,15). The molecule has 1 N–H and O–H groups in total. The van der Waals surface area contributed by atoms with Gasteiger partial charge in [0.15, 0.2) is 0 Å². The highest BCUT2D eigenvalue weighted by Crippen LogP contribution is 2.39. The molecule has 1 atom stereocenters. The monoisotopic (exact) mass is 267 g/mol. The molecule has 0 saturated heterocycles. The molecule has 0 fully saturated rings. The van der Waals surface area contributed by atoms with Crippen LogP contribution in [-0.4, -0.2) is 5.91 Å². The van der Waals surface area contributed by atoms with Gasteiger partial charge in [-0.2, -0.15) is 0 Å². The summed E-state index contributed by atoms with van der Waals surface area (Å²) in [6.45, 7) is 5.99. The summed E-state index contributed by atoms with van der Waals surface area (Å²) in [4.78, 5) is 12.0. The van der Waals surface area contributed by atoms with Crippen molar-refractivity contribution in [2.75, 3.05) is 5.32 Å². The number of halogens is 1. The molecule has 0 bridgehead atoms. The van der Waals surface area contributed by atoms with E-state index in [1.807, 2.05) is 26.0 Å². The van der Waals surface area contributed by atoms with Crippen molar-refractivity contribution in [3.05, 3.63) is 29.3 Å². The Balaban J connectivity index is 2.55. The van der Waals surface area contributed by atoms with E-state index in [-0.39, 0.29) is 5.91 Å². The largest absolute Gasteiger partial charge is 0.325 e. The Hall–Kier alpha value is -0.830. The van der Waals surface area contributed by atoms with Gasteiger partial charge in [0, 0.05) is 10.5 Å². The van der Waals surface area contributed by atoms with E-state index < -0.39 is 5.41 Å². The van der Waals surface area contributed by atoms with Gasteiger partial charge in [-0.05, 0) is 38.0 Å². The minimum atomic E-state index is -0.409. The maximum Gasteiger partial charge on any atom is 0.234 e. The molecule has 0 spiro atoms. The topological polar surface area (TPSA) is 29.1 Å². The zero-order valence-corrected chi connectivity index (χ0v) is 10.7. The molecule has 0 radical (unpaired) electrons. The van der Waals surface area contributed by atoms with Crippen LogP contribution in [0.4, 0.5) is 5.69 Å². The lowest BCUT2D eigenvalue weighted by Gasteiger charge is -2.16. The molecule has 1 amide bonds. The van der Waals surface area contributed by atoms with E-state index in [2.05, 4.69) is 34.2 Å². The van der Waals surface area contributed by atoms with Crippen LogP contribution < -0.4 is 5.32 Å². The average Bonchev–Trinajstić information content (AvgIpc) is 2.38. The third kappa shape index (κ3) is 1.59. The molecule has 3 heteroatoms. The number of fused-ring (bicyclic) bond motifs is 1. The highest BCUT2D eigenvalue weighted by molar-refractivity contribution is 9.09. The average molecular weight is 268 g/mol. The summed E-state index contributed by atoms with van der Waals surface area (Å²) in [6, 6.07) is 6.13. The third-order valence-corrected chi connectivity index (χ3v) is 3.52. The molecule has 1 aromatic carbocycles. The summed E-state index contributed by atoms with van der Waals surface area (Å²) in [5.74, 6) is 0.0804. The first kappa shape index (κ1) is 10.7. The van der Waals surface area contributed by atoms with E-state index in [1.54, 1.807) is 0 Å². The summed E-state index contributed by atoms with van der Waals surface area (Å²) in [6.07, 6.45) is 0. The van der Waals surface area contributed by atoms with Crippen molar-refractivity contribution in [3.8, 4) is 0 Å². The van der Waals surface area contributed by atoms with Crippen LogP contribution in [0.2, 0.25) is 0 Å². The molecule has 80 valence electrons. The molecule has 0 aromatic heterocycles. The number of alkyl halides is 1. The van der Waals surface area contributed by atoms with Gasteiger partial charge in [-0.15, -0.1) is 0 Å². The van der Waals surface area contributed by atoms with Gasteiger partial charge < -0.3 is 5.32 Å². The third-order valence-electron chi connectivity index (χ3n) is 2.99. The SMILES string of the molecule is CC(Br)c1ccc2c(c1)C(C)(C)C(=O)N2. The lowest BCUT2D eigenvalue weighted by atomic mass is 9.85. The molecule has 1 unspecified atom stereocenters. The number of nitrogens with one attached hydrogen (secondary N) is 1. The summed E-state index contributed by atoms with van der Waals surface area (Å²) in [5, 5.41) is 2.90. The zero-order valence-electron chi connectivity index (χ0n) is 9.10. The van der Waals surface area contributed by atoms with Crippen LogP contribution in [0.3, 0.4) is 0 Å². The Morgan fingerprint density at radius 3 is 2.67 bits per heavy atom. The molecule has 1 aromatic rings. The highest BCUT2D eigenvalue weighted by atomic mass is 79.9. The fraction of sp³-hybridized carbons (Fsp3) is 0.417. The first-order valence-corrected chi connectivity index (χ1v) is 5.94. The lowest BCUT2D eigenvalue weighted by Crippen LogP contribution is -2.26. The fourth-order valence-corrected chi connectivity index (χ4v) is 2.12. The van der Waals surface area contributed by atoms with E-state index >= 15 is 0 Å². The predicted molar refractivity (Wildman–Crippen MR) is 65.4 cm³/mol. The minimum absolute atomic E-state index is 0.0804. The number of hydrogen-bond donors (Lipinski definition) is 1. The van der Waals surface area contributed by atoms with Crippen molar-refractivity contribution in [2.24, 2.45) is 0 Å². The van der Waals surface area contributed by atoms with Crippen LogP contribution in [0, 0.1) is 0 Å². The molecular formula is C12H14BrNO. The van der Waals surface area contributed by atoms with Gasteiger partial charge >= 0.3 is 0 Å². The number of carbonyl (C=O) groups is 1. The van der Waals surface area contributed by atoms with Crippen LogP contribution in [0.5, 0.6) is 0 Å². The van der Waals surface area contributed by atoms with Gasteiger partial charge in [0.1, 0.15) is 0 Å². The van der Waals surface area contributed by atoms with Crippen molar-refractivity contribution in [2.45, 2.75) is 31.0 Å². The Labute approximate surface area is 98.2 Å². The van der Waals surface area contributed by atoms with Crippen molar-refractivity contribution < 1.29 is 4.79 Å². The molecule has 0 saturated carbocycles. The van der Waals surface area contributed by atoms with Gasteiger partial charge in [0.25, 0.3) is 0 Å². The zero-order chi connectivity index (χ0) is 11.2. The maximum absolute atomic E-state index is 11.7. The summed E-state index contributed by atoms with van der Waals surface area (Å²) in [5.41, 5.74) is 2.84. The first-order chi connectivity index (χ1) is 6.93. The van der Waals surface area contributed by atoms with Gasteiger partial charge in [-0.25, -0.2) is 0 Å². The molecular weight excluding hydrogens is 254 g/mol. The maximum atomic E-state index is 11.7. The number of anilines is 1. The number of benzene rings is 1. The molecule has 0 aliphatic carbocycles. The minimum Gasteiger partial charge on any atom is -0.325 e. The Kier molecular flexibility index (Phi) is 2.38. The fourth-order valence-electron chi connectivity index (χ4n) is 1.84. The van der Waals surface area contributed by atoms with Gasteiger partial charge in [-0.1, -0.05) is 28.1 Å². The van der Waals surface area contributed by atoms with Crippen molar-refractivity contribution in [1.82, 2.24) is 0 Å². The lowest BCUT2D eigenvalue weighted by molar-refractivity contribution is -0.119. The summed E-state index contributed by atoms with van der Waals surface area (Å²) in [7, 11) is 0. The first-order valence-electron chi connectivity index (χ1n) is 5.03. The van der Waals surface area contributed by atoms with E-state index in [0.29, 0.717) is 4.83 Å². The van der Waals surface area contributed by atoms with Gasteiger partial charge in [-0.3, -0.25) is 4.79 Å². The van der Waals surface area contributed by atoms with Crippen LogP contribution in [-0.2, 0) is 10.2 Å². The van der Waals surface area contributed by atoms with Crippen LogP contribution in [0.25, 0.3) is 0 Å². The summed E-state index contributed by atoms with van der Waals surface area (Å²) >= 11 is 3.54. The molecule has 15 heavy (non-hydrogen) atoms. The second kappa shape index (κ2) is 3.34. The van der Waals surface area contributed by atoms with E-state index in [4.69, 9.17) is 0 Å². The van der Waals surface area contributed by atoms with E-state index in [0.717, 1.165) is 11.3 Å². The molecule has 1 aliphatic heterocycles. The second-order valence-corrected chi connectivity index (χ2v) is 5.87. The van der Waals surface area contributed by atoms with E-state index in [9.17, 15) is 4.79 Å². The van der Waals surface area contributed by atoms with Crippen molar-refractivity contribution >= 4 is 27.5 Å². The number of carbonyl (C=O) groups excluding carboxylic acids is 1.